The van der Waals surface area contributed by atoms with Gasteiger partial charge in [-0.15, -0.1) is 0 Å². The molecule has 3 N–H and O–H groups in total. The molecule has 0 bridgehead atoms. The Morgan fingerprint density at radius 2 is 1.90 bits per heavy atom. The molecule has 0 radical (unpaired) electrons. The minimum Gasteiger partial charge on any atom is -0.438 e. The topological polar surface area (TPSA) is 72.0 Å². The highest BCUT2D eigenvalue weighted by Gasteiger charge is 2.13. The van der Waals surface area contributed by atoms with Gasteiger partial charge in [0.25, 0.3) is 0 Å². The number of pyridine rings is 1. The molecule has 4 nitrogen and oxygen atoms in total. The highest BCUT2D eigenvalue weighted by atomic mass is 16.5. The van der Waals surface area contributed by atoms with E-state index < -0.39 is 0 Å². The third-order valence-electron chi connectivity index (χ3n) is 3.04. The van der Waals surface area contributed by atoms with Gasteiger partial charge in [0, 0.05) is 5.69 Å². The van der Waals surface area contributed by atoms with Crippen LogP contribution in [0.25, 0.3) is 0 Å². The Morgan fingerprint density at radius 3 is 2.55 bits per heavy atom. The molecule has 0 spiro atoms. The third kappa shape index (κ3) is 2.96. The number of hydrogen-bond donors (Lipinski definition) is 2. The van der Waals surface area contributed by atoms with E-state index in [4.69, 9.17) is 15.9 Å². The number of para-hydroxylation sites is 1. The summed E-state index contributed by atoms with van der Waals surface area (Å²) in [6, 6.07) is 11.4. The van der Waals surface area contributed by atoms with Gasteiger partial charge in [0.2, 0.25) is 5.88 Å². The molecule has 104 valence electrons. The van der Waals surface area contributed by atoms with Gasteiger partial charge in [-0.25, -0.2) is 4.98 Å². The van der Waals surface area contributed by atoms with Crippen LogP contribution in [0.5, 0.6) is 11.6 Å². The van der Waals surface area contributed by atoms with Crippen LogP contribution in [-0.4, -0.2) is 10.8 Å². The zero-order chi connectivity index (χ0) is 14.7. The smallest absolute Gasteiger partial charge is 0.230 e. The molecule has 1 heterocycles. The van der Waals surface area contributed by atoms with E-state index >= 15 is 0 Å². The summed E-state index contributed by atoms with van der Waals surface area (Å²) in [6.07, 6.45) is 0. The van der Waals surface area contributed by atoms with Gasteiger partial charge in [0.05, 0.1) is 5.56 Å². The summed E-state index contributed by atoms with van der Waals surface area (Å²) in [6.45, 7) is 6.10. The molecule has 2 aromatic rings. The average Bonchev–Trinajstić information content (AvgIpc) is 2.38. The Hall–Kier alpha value is -2.36. The van der Waals surface area contributed by atoms with E-state index in [1.165, 1.54) is 0 Å². The molecule has 0 atom stereocenters. The zero-order valence-electron chi connectivity index (χ0n) is 12.0. The Kier molecular flexibility index (Phi) is 4.03. The summed E-state index contributed by atoms with van der Waals surface area (Å²) in [5.41, 5.74) is 8.02. The third-order valence-corrected chi connectivity index (χ3v) is 3.04. The molecule has 0 amide bonds. The van der Waals surface area contributed by atoms with Crippen LogP contribution in [0.15, 0.2) is 36.4 Å². The van der Waals surface area contributed by atoms with Crippen LogP contribution in [0.1, 0.15) is 36.6 Å². The van der Waals surface area contributed by atoms with Crippen molar-refractivity contribution in [1.29, 1.82) is 5.41 Å². The van der Waals surface area contributed by atoms with E-state index in [9.17, 15) is 0 Å². The lowest BCUT2D eigenvalue weighted by Gasteiger charge is -2.15. The van der Waals surface area contributed by atoms with Crippen molar-refractivity contribution in [3.05, 3.63) is 53.2 Å². The van der Waals surface area contributed by atoms with Crippen molar-refractivity contribution in [2.24, 2.45) is 5.73 Å². The molecule has 0 saturated heterocycles. The van der Waals surface area contributed by atoms with Gasteiger partial charge in [0.1, 0.15) is 11.6 Å². The van der Waals surface area contributed by atoms with Crippen molar-refractivity contribution >= 4 is 5.84 Å². The summed E-state index contributed by atoms with van der Waals surface area (Å²) >= 11 is 0. The van der Waals surface area contributed by atoms with Gasteiger partial charge in [0.15, 0.2) is 0 Å². The van der Waals surface area contributed by atoms with E-state index in [0.29, 0.717) is 17.4 Å². The molecular weight excluding hydrogens is 250 g/mol. The molecule has 0 unspecified atom stereocenters. The van der Waals surface area contributed by atoms with Crippen molar-refractivity contribution in [3.63, 3.8) is 0 Å². The minimum absolute atomic E-state index is 0.0467. The lowest BCUT2D eigenvalue weighted by atomic mass is 10.0. The van der Waals surface area contributed by atoms with Gasteiger partial charge < -0.3 is 10.5 Å². The van der Waals surface area contributed by atoms with Crippen molar-refractivity contribution in [3.8, 4) is 11.6 Å². The number of nitrogen functional groups attached to an aromatic ring is 1. The fraction of sp³-hybridized carbons (Fsp3) is 0.250. The summed E-state index contributed by atoms with van der Waals surface area (Å²) in [7, 11) is 0. The molecule has 1 aromatic heterocycles. The lowest BCUT2D eigenvalue weighted by Crippen LogP contribution is -2.13. The van der Waals surface area contributed by atoms with Crippen molar-refractivity contribution in [2.45, 2.75) is 26.7 Å². The van der Waals surface area contributed by atoms with Crippen LogP contribution in [-0.2, 0) is 0 Å². The van der Waals surface area contributed by atoms with E-state index in [2.05, 4.69) is 18.8 Å². The van der Waals surface area contributed by atoms with Crippen LogP contribution in [0.4, 0.5) is 0 Å². The fourth-order valence-electron chi connectivity index (χ4n) is 1.97. The molecule has 0 saturated carbocycles. The van der Waals surface area contributed by atoms with Gasteiger partial charge in [-0.3, -0.25) is 5.41 Å². The first-order chi connectivity index (χ1) is 9.49. The van der Waals surface area contributed by atoms with Crippen LogP contribution in [0, 0.1) is 12.3 Å². The summed E-state index contributed by atoms with van der Waals surface area (Å²) in [5.74, 6) is 1.43. The maximum absolute atomic E-state index is 7.61. The van der Waals surface area contributed by atoms with Crippen LogP contribution in [0.2, 0.25) is 0 Å². The number of nitrogens with two attached hydrogens (primary N) is 1. The maximum Gasteiger partial charge on any atom is 0.230 e. The zero-order valence-corrected chi connectivity index (χ0v) is 12.0. The predicted octanol–water partition coefficient (Wildman–Crippen LogP) is 3.59. The standard InChI is InChI=1S/C16H19N3O/c1-10(2)12-6-4-5-7-14(12)20-16-13(15(17)18)9-8-11(3)19-16/h4-10H,1-3H3,(H3,17,18). The Balaban J connectivity index is 2.45. The largest absolute Gasteiger partial charge is 0.438 e. The summed E-state index contributed by atoms with van der Waals surface area (Å²) in [5, 5.41) is 7.61. The second kappa shape index (κ2) is 5.74. The monoisotopic (exact) mass is 269 g/mol. The lowest BCUT2D eigenvalue weighted by molar-refractivity contribution is 0.452. The molecule has 0 aliphatic rings. The molecule has 0 aliphatic heterocycles. The molecule has 2 rings (SSSR count). The van der Waals surface area contributed by atoms with Gasteiger partial charge in [-0.05, 0) is 36.6 Å². The van der Waals surface area contributed by atoms with Crippen molar-refractivity contribution < 1.29 is 4.74 Å². The van der Waals surface area contributed by atoms with Crippen LogP contribution < -0.4 is 10.5 Å². The van der Waals surface area contributed by atoms with Crippen molar-refractivity contribution in [2.75, 3.05) is 0 Å². The maximum atomic E-state index is 7.61. The van der Waals surface area contributed by atoms with Crippen molar-refractivity contribution in [1.82, 2.24) is 4.98 Å². The van der Waals surface area contributed by atoms with E-state index in [0.717, 1.165) is 17.0 Å². The fourth-order valence-corrected chi connectivity index (χ4v) is 1.97. The Labute approximate surface area is 119 Å². The summed E-state index contributed by atoms with van der Waals surface area (Å²) < 4.78 is 5.91. The Bertz CT molecular complexity index is 635. The number of nitrogens with one attached hydrogen (secondary N) is 1. The molecule has 4 heteroatoms. The molecule has 0 aliphatic carbocycles. The molecular formula is C16H19N3O. The molecule has 1 aromatic carbocycles. The minimum atomic E-state index is -0.0467. The first kappa shape index (κ1) is 14.1. The van der Waals surface area contributed by atoms with E-state index in [1.54, 1.807) is 6.07 Å². The van der Waals surface area contributed by atoms with Crippen LogP contribution >= 0.6 is 0 Å². The number of aryl methyl sites for hydroxylation is 1. The quantitative estimate of drug-likeness (QED) is 0.658. The van der Waals surface area contributed by atoms with Crippen LogP contribution in [0.3, 0.4) is 0 Å². The number of nitrogens with zero attached hydrogens (tertiary/aromatic N) is 1. The second-order valence-corrected chi connectivity index (χ2v) is 5.01. The van der Waals surface area contributed by atoms with E-state index in [1.807, 2.05) is 37.3 Å². The number of aromatic nitrogens is 1. The van der Waals surface area contributed by atoms with Gasteiger partial charge in [-0.1, -0.05) is 32.0 Å². The van der Waals surface area contributed by atoms with Gasteiger partial charge in [-0.2, -0.15) is 0 Å². The first-order valence-corrected chi connectivity index (χ1v) is 6.58. The SMILES string of the molecule is Cc1ccc(C(=N)N)c(Oc2ccccc2C(C)C)n1. The number of benzene rings is 1. The molecule has 20 heavy (non-hydrogen) atoms. The highest BCUT2D eigenvalue weighted by Crippen LogP contribution is 2.30. The first-order valence-electron chi connectivity index (χ1n) is 6.58. The van der Waals surface area contributed by atoms with Gasteiger partial charge >= 0.3 is 0 Å². The average molecular weight is 269 g/mol. The Morgan fingerprint density at radius 1 is 1.20 bits per heavy atom. The van der Waals surface area contributed by atoms with E-state index in [-0.39, 0.29) is 5.84 Å². The number of rotatable bonds is 4. The number of amidine groups is 1. The highest BCUT2D eigenvalue weighted by molar-refractivity contribution is 5.97. The predicted molar refractivity (Wildman–Crippen MR) is 80.6 cm³/mol. The normalized spacial score (nSPS) is 10.6. The number of ether oxygens (including phenoxy) is 1. The molecule has 0 fully saturated rings. The number of hydrogen-bond acceptors (Lipinski definition) is 3. The second-order valence-electron chi connectivity index (χ2n) is 5.01. The summed E-state index contributed by atoms with van der Waals surface area (Å²) in [4.78, 5) is 4.35.